The lowest BCUT2D eigenvalue weighted by molar-refractivity contribution is -0.870. The van der Waals surface area contributed by atoms with Crippen LogP contribution in [0.1, 0.15) is 97.3 Å². The van der Waals surface area contributed by atoms with Gasteiger partial charge in [0.15, 0.2) is 6.10 Å². The molecule has 10 heteroatoms. The van der Waals surface area contributed by atoms with Crippen LogP contribution in [0.5, 0.6) is 0 Å². The van der Waals surface area contributed by atoms with Crippen LogP contribution in [0.3, 0.4) is 0 Å². The van der Waals surface area contributed by atoms with Gasteiger partial charge in [-0.15, -0.1) is 0 Å². The highest BCUT2D eigenvalue weighted by molar-refractivity contribution is 7.47. The van der Waals surface area contributed by atoms with E-state index in [0.29, 0.717) is 17.4 Å². The van der Waals surface area contributed by atoms with Gasteiger partial charge in [-0.2, -0.15) is 0 Å². The zero-order valence-electron chi connectivity index (χ0n) is 24.0. The average molecular weight is 551 g/mol. The van der Waals surface area contributed by atoms with Gasteiger partial charge in [0, 0.05) is 13.3 Å². The summed E-state index contributed by atoms with van der Waals surface area (Å²) in [4.78, 5) is 33.3. The number of ether oxygens (including phenoxy) is 2. The van der Waals surface area contributed by atoms with Crippen molar-refractivity contribution in [1.82, 2.24) is 0 Å². The van der Waals surface area contributed by atoms with E-state index in [2.05, 4.69) is 19.1 Å². The van der Waals surface area contributed by atoms with Gasteiger partial charge in [0.05, 0.1) is 27.7 Å². The molecule has 0 saturated carbocycles. The van der Waals surface area contributed by atoms with Gasteiger partial charge in [-0.05, 0) is 32.1 Å². The number of hydrogen-bond donors (Lipinski definition) is 1. The van der Waals surface area contributed by atoms with E-state index in [0.717, 1.165) is 32.1 Å². The molecule has 0 spiro atoms. The number of hydrogen-bond acceptors (Lipinski definition) is 7. The van der Waals surface area contributed by atoms with Gasteiger partial charge in [-0.25, -0.2) is 4.57 Å². The fraction of sp³-hybridized carbons (Fsp3) is 0.852. The van der Waals surface area contributed by atoms with Crippen molar-refractivity contribution in [2.75, 3.05) is 47.5 Å². The molecule has 0 bridgehead atoms. The largest absolute Gasteiger partial charge is 0.472 e. The lowest BCUT2D eigenvalue weighted by atomic mass is 10.1. The Labute approximate surface area is 225 Å². The van der Waals surface area contributed by atoms with Crippen LogP contribution >= 0.6 is 7.82 Å². The number of allylic oxidation sites excluding steroid dienone is 2. The monoisotopic (exact) mass is 550 g/mol. The fourth-order valence-corrected chi connectivity index (χ4v) is 4.12. The van der Waals surface area contributed by atoms with Crippen LogP contribution in [0.15, 0.2) is 12.2 Å². The van der Waals surface area contributed by atoms with E-state index in [1.807, 2.05) is 21.1 Å². The minimum absolute atomic E-state index is 0.0289. The van der Waals surface area contributed by atoms with E-state index >= 15 is 0 Å². The van der Waals surface area contributed by atoms with Gasteiger partial charge in [0.1, 0.15) is 19.8 Å². The Bertz CT molecular complexity index is 678. The smallest absolute Gasteiger partial charge is 0.462 e. The van der Waals surface area contributed by atoms with Crippen molar-refractivity contribution < 1.29 is 42.1 Å². The molecular weight excluding hydrogens is 497 g/mol. The molecule has 0 aromatic carbocycles. The first kappa shape index (κ1) is 35.8. The number of carbonyl (C=O) groups is 2. The third-order valence-corrected chi connectivity index (χ3v) is 6.59. The highest BCUT2D eigenvalue weighted by Crippen LogP contribution is 2.43. The molecule has 0 amide bonds. The molecule has 0 aliphatic carbocycles. The summed E-state index contributed by atoms with van der Waals surface area (Å²) in [6, 6.07) is 0. The van der Waals surface area contributed by atoms with Crippen molar-refractivity contribution in [2.24, 2.45) is 0 Å². The van der Waals surface area contributed by atoms with Crippen molar-refractivity contribution in [3.05, 3.63) is 12.2 Å². The minimum Gasteiger partial charge on any atom is -0.462 e. The first-order chi connectivity index (χ1) is 17.4. The van der Waals surface area contributed by atoms with Gasteiger partial charge in [-0.1, -0.05) is 64.0 Å². The van der Waals surface area contributed by atoms with E-state index in [1.54, 1.807) is 0 Å². The van der Waals surface area contributed by atoms with E-state index in [1.165, 1.54) is 45.4 Å². The number of phosphoric ester groups is 1. The van der Waals surface area contributed by atoms with Crippen LogP contribution < -0.4 is 0 Å². The second-order valence-electron chi connectivity index (χ2n) is 10.5. The summed E-state index contributed by atoms with van der Waals surface area (Å²) in [5.41, 5.74) is 0. The number of carbonyl (C=O) groups excluding carboxylic acids is 2. The summed E-state index contributed by atoms with van der Waals surface area (Å²) in [6.45, 7) is 3.33. The van der Waals surface area contributed by atoms with Crippen LogP contribution in [-0.4, -0.2) is 74.9 Å². The second-order valence-corrected chi connectivity index (χ2v) is 12.0. The molecule has 2 unspecified atom stereocenters. The maximum atomic E-state index is 12.2. The molecule has 0 aromatic heterocycles. The second kappa shape index (κ2) is 21.7. The van der Waals surface area contributed by atoms with Gasteiger partial charge in [0.2, 0.25) is 0 Å². The summed E-state index contributed by atoms with van der Waals surface area (Å²) >= 11 is 0. The first-order valence-corrected chi connectivity index (χ1v) is 15.3. The van der Waals surface area contributed by atoms with E-state index < -0.39 is 32.5 Å². The molecule has 0 aliphatic heterocycles. The maximum absolute atomic E-state index is 12.2. The Kier molecular flexibility index (Phi) is 20.9. The lowest BCUT2D eigenvalue weighted by Crippen LogP contribution is -2.37. The highest BCUT2D eigenvalue weighted by Gasteiger charge is 2.26. The van der Waals surface area contributed by atoms with Crippen LogP contribution in [0.4, 0.5) is 0 Å². The molecule has 0 radical (unpaired) electrons. The van der Waals surface area contributed by atoms with Crippen LogP contribution in [0, 0.1) is 0 Å². The first-order valence-electron chi connectivity index (χ1n) is 13.9. The van der Waals surface area contributed by atoms with E-state index in [-0.39, 0.29) is 19.6 Å². The molecule has 0 fully saturated rings. The van der Waals surface area contributed by atoms with Crippen LogP contribution in [0.2, 0.25) is 0 Å². The average Bonchev–Trinajstić information content (AvgIpc) is 2.80. The number of esters is 2. The lowest BCUT2D eigenvalue weighted by Gasteiger charge is -2.24. The Morgan fingerprint density at radius 1 is 0.865 bits per heavy atom. The molecule has 0 aliphatic rings. The Hall–Kier alpha value is -1.25. The van der Waals surface area contributed by atoms with E-state index in [9.17, 15) is 19.0 Å². The fourth-order valence-electron chi connectivity index (χ4n) is 3.38. The summed E-state index contributed by atoms with van der Waals surface area (Å²) in [6.07, 6.45) is 17.6. The van der Waals surface area contributed by atoms with Crippen LogP contribution in [0.25, 0.3) is 0 Å². The quantitative estimate of drug-likeness (QED) is 0.0517. The molecule has 37 heavy (non-hydrogen) atoms. The molecule has 0 rings (SSSR count). The van der Waals surface area contributed by atoms with Gasteiger partial charge in [0.25, 0.3) is 0 Å². The maximum Gasteiger partial charge on any atom is 0.472 e. The SMILES string of the molecule is CCCCCCC/C=C\CCCCCCCC(=O)OC(COC(C)=O)COP(=O)(O)OCC[N+](C)(C)C. The Morgan fingerprint density at radius 3 is 2.00 bits per heavy atom. The molecule has 0 aromatic rings. The molecule has 0 saturated heterocycles. The van der Waals surface area contributed by atoms with E-state index in [4.69, 9.17) is 18.5 Å². The van der Waals surface area contributed by atoms with Gasteiger partial charge >= 0.3 is 19.8 Å². The van der Waals surface area contributed by atoms with Gasteiger partial charge < -0.3 is 18.9 Å². The number of rotatable bonds is 24. The van der Waals surface area contributed by atoms with Crippen molar-refractivity contribution >= 4 is 19.8 Å². The summed E-state index contributed by atoms with van der Waals surface area (Å²) in [5, 5.41) is 0. The van der Waals surface area contributed by atoms with Crippen molar-refractivity contribution in [3.63, 3.8) is 0 Å². The Balaban J connectivity index is 4.10. The van der Waals surface area contributed by atoms with Crippen LogP contribution in [-0.2, 0) is 32.7 Å². The Morgan fingerprint density at radius 2 is 1.43 bits per heavy atom. The summed E-state index contributed by atoms with van der Waals surface area (Å²) in [7, 11) is 1.46. The third kappa shape index (κ3) is 26.2. The molecule has 2 atom stereocenters. The number of quaternary nitrogens is 1. The van der Waals surface area contributed by atoms with Crippen molar-refractivity contribution in [2.45, 2.75) is 103 Å². The number of likely N-dealkylation sites (N-methyl/N-ethyl adjacent to an activating group) is 1. The predicted octanol–water partition coefficient (Wildman–Crippen LogP) is 5.95. The normalized spacial score (nSPS) is 14.4. The predicted molar refractivity (Wildman–Crippen MR) is 146 cm³/mol. The molecule has 218 valence electrons. The minimum atomic E-state index is -4.32. The number of phosphoric acid groups is 1. The molecule has 9 nitrogen and oxygen atoms in total. The number of nitrogens with zero attached hydrogens (tertiary/aromatic N) is 1. The topological polar surface area (TPSA) is 108 Å². The van der Waals surface area contributed by atoms with Crippen molar-refractivity contribution in [3.8, 4) is 0 Å². The molecule has 1 N–H and O–H groups in total. The standard InChI is InChI=1S/C27H52NO8P/c1-6-7-8-9-10-11-12-13-14-15-16-17-18-19-20-27(30)36-26(23-33-25(2)29)24-35-37(31,32)34-22-21-28(3,4)5/h12-13,26H,6-11,14-24H2,1-5H3/p+1/b13-12-. The summed E-state index contributed by atoms with van der Waals surface area (Å²) < 4.78 is 32.8. The van der Waals surface area contributed by atoms with Crippen molar-refractivity contribution in [1.29, 1.82) is 0 Å². The number of unbranched alkanes of at least 4 members (excludes halogenated alkanes) is 10. The summed E-state index contributed by atoms with van der Waals surface area (Å²) in [5.74, 6) is -1.00. The molecular formula is C27H53NO8P+. The zero-order chi connectivity index (χ0) is 28.0. The third-order valence-electron chi connectivity index (χ3n) is 5.60. The molecule has 0 heterocycles. The highest BCUT2D eigenvalue weighted by atomic mass is 31.2. The zero-order valence-corrected chi connectivity index (χ0v) is 24.8. The van der Waals surface area contributed by atoms with Gasteiger partial charge in [-0.3, -0.25) is 18.6 Å².